The summed E-state index contributed by atoms with van der Waals surface area (Å²) < 4.78 is 13.6. The first-order valence-electron chi connectivity index (χ1n) is 4.14. The summed E-state index contributed by atoms with van der Waals surface area (Å²) in [5.41, 5.74) is 0.205. The Bertz CT molecular complexity index is 329. The van der Waals surface area contributed by atoms with Crippen molar-refractivity contribution in [1.82, 2.24) is 0 Å². The van der Waals surface area contributed by atoms with E-state index in [9.17, 15) is 4.39 Å². The third kappa shape index (κ3) is 2.27. The highest BCUT2D eigenvalue weighted by atomic mass is 79.9. The standard InChI is InChI=1S/C10H11BrClFO/c1-10(2,5-14)6-3-7(12)9(11)8(13)4-6/h3-4,14H,5H2,1-2H3. The molecule has 4 heteroatoms. The molecule has 0 aliphatic heterocycles. The van der Waals surface area contributed by atoms with E-state index in [1.165, 1.54) is 6.07 Å². The predicted molar refractivity (Wildman–Crippen MR) is 59.2 cm³/mol. The summed E-state index contributed by atoms with van der Waals surface area (Å²) in [6.45, 7) is 3.60. The van der Waals surface area contributed by atoms with Gasteiger partial charge in [-0.25, -0.2) is 4.39 Å². The van der Waals surface area contributed by atoms with Gasteiger partial charge in [-0.15, -0.1) is 0 Å². The molecule has 0 bridgehead atoms. The van der Waals surface area contributed by atoms with Crippen LogP contribution in [0.2, 0.25) is 5.02 Å². The van der Waals surface area contributed by atoms with Crippen molar-refractivity contribution in [3.63, 3.8) is 0 Å². The van der Waals surface area contributed by atoms with Gasteiger partial charge < -0.3 is 5.11 Å². The van der Waals surface area contributed by atoms with Gasteiger partial charge in [0.25, 0.3) is 0 Å². The molecule has 0 saturated heterocycles. The van der Waals surface area contributed by atoms with Crippen LogP contribution < -0.4 is 0 Å². The maximum atomic E-state index is 13.3. The van der Waals surface area contributed by atoms with Gasteiger partial charge in [0.2, 0.25) is 0 Å². The van der Waals surface area contributed by atoms with Gasteiger partial charge in [0.1, 0.15) is 5.82 Å². The first kappa shape index (κ1) is 12.0. The average Bonchev–Trinajstić information content (AvgIpc) is 2.13. The summed E-state index contributed by atoms with van der Waals surface area (Å²) in [7, 11) is 0. The lowest BCUT2D eigenvalue weighted by Gasteiger charge is -2.22. The van der Waals surface area contributed by atoms with Gasteiger partial charge >= 0.3 is 0 Å². The minimum Gasteiger partial charge on any atom is -0.395 e. The van der Waals surface area contributed by atoms with E-state index in [1.54, 1.807) is 6.07 Å². The number of aliphatic hydroxyl groups excluding tert-OH is 1. The molecule has 0 aliphatic rings. The van der Waals surface area contributed by atoms with Crippen molar-refractivity contribution in [3.05, 3.63) is 33.0 Å². The molecule has 1 N–H and O–H groups in total. The second-order valence-corrected chi connectivity index (χ2v) is 5.00. The van der Waals surface area contributed by atoms with Gasteiger partial charge in [-0.2, -0.15) is 0 Å². The number of benzene rings is 1. The minimum absolute atomic E-state index is 0.0512. The predicted octanol–water partition coefficient (Wildman–Crippen LogP) is 3.51. The number of halogens is 3. The Balaban J connectivity index is 3.26. The zero-order valence-electron chi connectivity index (χ0n) is 7.94. The van der Waals surface area contributed by atoms with Gasteiger partial charge in [-0.1, -0.05) is 25.4 Å². The van der Waals surface area contributed by atoms with E-state index in [0.717, 1.165) is 0 Å². The number of rotatable bonds is 2. The van der Waals surface area contributed by atoms with Crippen LogP contribution in [-0.2, 0) is 5.41 Å². The quantitative estimate of drug-likeness (QED) is 0.823. The molecule has 0 atom stereocenters. The Morgan fingerprint density at radius 2 is 2.07 bits per heavy atom. The van der Waals surface area contributed by atoms with Crippen molar-refractivity contribution in [2.75, 3.05) is 6.61 Å². The van der Waals surface area contributed by atoms with E-state index in [0.29, 0.717) is 10.6 Å². The lowest BCUT2D eigenvalue weighted by molar-refractivity contribution is 0.218. The lowest BCUT2D eigenvalue weighted by atomic mass is 9.86. The minimum atomic E-state index is -0.481. The fraction of sp³-hybridized carbons (Fsp3) is 0.400. The molecular formula is C10H11BrClFO. The Hall–Kier alpha value is -0.120. The Labute approximate surface area is 96.0 Å². The SMILES string of the molecule is CC(C)(CO)c1cc(F)c(Br)c(Cl)c1. The van der Waals surface area contributed by atoms with Crippen LogP contribution in [-0.4, -0.2) is 11.7 Å². The maximum Gasteiger partial charge on any atom is 0.139 e. The molecule has 78 valence electrons. The molecule has 0 aliphatic carbocycles. The third-order valence-electron chi connectivity index (χ3n) is 2.16. The van der Waals surface area contributed by atoms with Gasteiger partial charge in [0, 0.05) is 5.41 Å². The fourth-order valence-corrected chi connectivity index (χ4v) is 1.47. The van der Waals surface area contributed by atoms with Crippen LogP contribution in [0.1, 0.15) is 19.4 Å². The van der Waals surface area contributed by atoms with Gasteiger partial charge in [-0.3, -0.25) is 0 Å². The highest BCUT2D eigenvalue weighted by Gasteiger charge is 2.21. The van der Waals surface area contributed by atoms with Crippen molar-refractivity contribution in [2.45, 2.75) is 19.3 Å². The Kier molecular flexibility index (Phi) is 3.56. The molecule has 0 radical (unpaired) electrons. The zero-order chi connectivity index (χ0) is 10.9. The van der Waals surface area contributed by atoms with Gasteiger partial charge in [-0.05, 0) is 33.6 Å². The van der Waals surface area contributed by atoms with E-state index in [4.69, 9.17) is 16.7 Å². The van der Waals surface area contributed by atoms with E-state index in [2.05, 4.69) is 15.9 Å². The first-order valence-corrected chi connectivity index (χ1v) is 5.31. The summed E-state index contributed by atoms with van der Waals surface area (Å²) in [6.07, 6.45) is 0. The second-order valence-electron chi connectivity index (χ2n) is 3.80. The zero-order valence-corrected chi connectivity index (χ0v) is 10.3. The largest absolute Gasteiger partial charge is 0.395 e. The van der Waals surface area contributed by atoms with Crippen LogP contribution in [0.15, 0.2) is 16.6 Å². The fourth-order valence-electron chi connectivity index (χ4n) is 1.04. The monoisotopic (exact) mass is 280 g/mol. The van der Waals surface area contributed by atoms with Crippen molar-refractivity contribution in [3.8, 4) is 0 Å². The number of hydrogen-bond acceptors (Lipinski definition) is 1. The van der Waals surface area contributed by atoms with E-state index in [1.807, 2.05) is 13.8 Å². The van der Waals surface area contributed by atoms with Crippen molar-refractivity contribution >= 4 is 27.5 Å². The van der Waals surface area contributed by atoms with Crippen LogP contribution in [0.4, 0.5) is 4.39 Å². The van der Waals surface area contributed by atoms with Crippen LogP contribution in [0, 0.1) is 5.82 Å². The molecule has 14 heavy (non-hydrogen) atoms. The average molecular weight is 282 g/mol. The van der Waals surface area contributed by atoms with Crippen molar-refractivity contribution in [2.24, 2.45) is 0 Å². The van der Waals surface area contributed by atoms with Crippen molar-refractivity contribution < 1.29 is 9.50 Å². The molecule has 1 nitrogen and oxygen atoms in total. The molecule has 0 fully saturated rings. The highest BCUT2D eigenvalue weighted by Crippen LogP contribution is 2.32. The molecule has 0 spiro atoms. The topological polar surface area (TPSA) is 20.2 Å². The summed E-state index contributed by atoms with van der Waals surface area (Å²) in [5.74, 6) is -0.408. The van der Waals surface area contributed by atoms with E-state index >= 15 is 0 Å². The summed E-state index contributed by atoms with van der Waals surface area (Å²) in [6, 6.07) is 3.04. The van der Waals surface area contributed by atoms with Gasteiger partial charge in [0.05, 0.1) is 16.1 Å². The van der Waals surface area contributed by atoms with E-state index < -0.39 is 11.2 Å². The Morgan fingerprint density at radius 3 is 2.50 bits per heavy atom. The molecule has 0 unspecified atom stereocenters. The van der Waals surface area contributed by atoms with Gasteiger partial charge in [0.15, 0.2) is 0 Å². The molecule has 1 aromatic rings. The molecule has 1 rings (SSSR count). The van der Waals surface area contributed by atoms with Crippen LogP contribution in [0.25, 0.3) is 0 Å². The number of aliphatic hydroxyl groups is 1. The summed E-state index contributed by atoms with van der Waals surface area (Å²) in [5, 5.41) is 9.44. The van der Waals surface area contributed by atoms with Crippen molar-refractivity contribution in [1.29, 1.82) is 0 Å². The van der Waals surface area contributed by atoms with Crippen LogP contribution >= 0.6 is 27.5 Å². The molecule has 0 saturated carbocycles. The third-order valence-corrected chi connectivity index (χ3v) is 3.49. The highest BCUT2D eigenvalue weighted by molar-refractivity contribution is 9.10. The van der Waals surface area contributed by atoms with Crippen LogP contribution in [0.3, 0.4) is 0 Å². The van der Waals surface area contributed by atoms with Crippen LogP contribution in [0.5, 0.6) is 0 Å². The first-order chi connectivity index (χ1) is 6.38. The smallest absolute Gasteiger partial charge is 0.139 e. The molecule has 1 aromatic carbocycles. The van der Waals surface area contributed by atoms with E-state index in [-0.39, 0.29) is 11.1 Å². The lowest BCUT2D eigenvalue weighted by Crippen LogP contribution is -2.22. The summed E-state index contributed by atoms with van der Waals surface area (Å²) >= 11 is 8.85. The molecule has 0 aromatic heterocycles. The normalized spacial score (nSPS) is 11.9. The number of hydrogen-bond donors (Lipinski definition) is 1. The molecule has 0 amide bonds. The molecular weight excluding hydrogens is 270 g/mol. The Morgan fingerprint density at radius 1 is 1.50 bits per heavy atom. The summed E-state index contributed by atoms with van der Waals surface area (Å²) in [4.78, 5) is 0. The second kappa shape index (κ2) is 4.17. The maximum absolute atomic E-state index is 13.3. The molecule has 0 heterocycles.